The van der Waals surface area contributed by atoms with Gasteiger partial charge in [0, 0.05) is 17.4 Å². The van der Waals surface area contributed by atoms with Crippen LogP contribution in [-0.4, -0.2) is 12.9 Å². The van der Waals surface area contributed by atoms with E-state index in [9.17, 15) is 4.79 Å². The van der Waals surface area contributed by atoms with Crippen LogP contribution in [0.5, 0.6) is 5.75 Å². The van der Waals surface area contributed by atoms with Gasteiger partial charge in [-0.3, -0.25) is 4.79 Å². The number of ketones is 1. The van der Waals surface area contributed by atoms with Crippen molar-refractivity contribution >= 4 is 27.9 Å². The molecular weight excluding hydrogens is 340 g/mol. The fraction of sp³-hybridized carbons (Fsp3) is 0.0870. The van der Waals surface area contributed by atoms with Crippen molar-refractivity contribution in [3.8, 4) is 5.75 Å². The number of carbonyl (C=O) groups excluding carboxylic acids is 1. The van der Waals surface area contributed by atoms with Crippen molar-refractivity contribution in [2.75, 3.05) is 7.11 Å². The van der Waals surface area contributed by atoms with Crippen molar-refractivity contribution in [2.24, 2.45) is 0 Å². The van der Waals surface area contributed by atoms with Crippen molar-refractivity contribution < 1.29 is 9.53 Å². The lowest BCUT2D eigenvalue weighted by atomic mass is 9.93. The molecule has 0 amide bonds. The molecule has 0 aliphatic carbocycles. The number of rotatable bonds is 5. The molecular formula is C23H18O2S. The Morgan fingerprint density at radius 2 is 1.65 bits per heavy atom. The molecule has 3 heteroatoms. The molecule has 128 valence electrons. The Hall–Kier alpha value is -2.91. The van der Waals surface area contributed by atoms with Gasteiger partial charge >= 0.3 is 0 Å². The lowest BCUT2D eigenvalue weighted by Crippen LogP contribution is -2.04. The van der Waals surface area contributed by atoms with E-state index in [-0.39, 0.29) is 5.78 Å². The van der Waals surface area contributed by atoms with Crippen molar-refractivity contribution in [1.82, 2.24) is 0 Å². The highest BCUT2D eigenvalue weighted by molar-refractivity contribution is 7.12. The van der Waals surface area contributed by atoms with Crippen LogP contribution < -0.4 is 4.74 Å². The van der Waals surface area contributed by atoms with Crippen molar-refractivity contribution in [3.05, 3.63) is 99.7 Å². The third kappa shape index (κ3) is 3.02. The Morgan fingerprint density at radius 1 is 0.923 bits per heavy atom. The number of hydrogen-bond acceptors (Lipinski definition) is 3. The first-order valence-electron chi connectivity index (χ1n) is 8.48. The van der Waals surface area contributed by atoms with Gasteiger partial charge in [-0.1, -0.05) is 60.7 Å². The number of fused-ring (bicyclic) bond motifs is 1. The van der Waals surface area contributed by atoms with Crippen LogP contribution in [0.1, 0.15) is 26.4 Å². The topological polar surface area (TPSA) is 26.3 Å². The van der Waals surface area contributed by atoms with Crippen LogP contribution in [0, 0.1) is 0 Å². The third-order valence-electron chi connectivity index (χ3n) is 4.50. The Morgan fingerprint density at radius 3 is 2.35 bits per heavy atom. The van der Waals surface area contributed by atoms with Crippen LogP contribution in [0.2, 0.25) is 0 Å². The highest BCUT2D eigenvalue weighted by atomic mass is 32.1. The van der Waals surface area contributed by atoms with Crippen LogP contribution in [0.25, 0.3) is 10.8 Å². The third-order valence-corrected chi connectivity index (χ3v) is 5.37. The molecule has 4 aromatic rings. The number of benzene rings is 3. The first-order valence-corrected chi connectivity index (χ1v) is 9.36. The smallest absolute Gasteiger partial charge is 0.203 e. The van der Waals surface area contributed by atoms with Crippen molar-refractivity contribution in [2.45, 2.75) is 6.42 Å². The maximum Gasteiger partial charge on any atom is 0.203 e. The zero-order valence-corrected chi connectivity index (χ0v) is 15.3. The van der Waals surface area contributed by atoms with Gasteiger partial charge in [-0.05, 0) is 34.0 Å². The van der Waals surface area contributed by atoms with Gasteiger partial charge in [0.1, 0.15) is 5.75 Å². The van der Waals surface area contributed by atoms with Gasteiger partial charge in [0.15, 0.2) is 0 Å². The molecule has 0 N–H and O–H groups in total. The predicted molar refractivity (Wildman–Crippen MR) is 107 cm³/mol. The Bertz CT molecular complexity index is 1050. The Kier molecular flexibility index (Phi) is 4.55. The fourth-order valence-corrected chi connectivity index (χ4v) is 4.00. The Labute approximate surface area is 156 Å². The van der Waals surface area contributed by atoms with Gasteiger partial charge in [-0.25, -0.2) is 0 Å². The van der Waals surface area contributed by atoms with E-state index in [0.29, 0.717) is 0 Å². The van der Waals surface area contributed by atoms with Crippen LogP contribution >= 0.6 is 11.3 Å². The summed E-state index contributed by atoms with van der Waals surface area (Å²) in [5.41, 5.74) is 2.95. The van der Waals surface area contributed by atoms with Crippen molar-refractivity contribution in [3.63, 3.8) is 0 Å². The zero-order valence-electron chi connectivity index (χ0n) is 14.4. The molecule has 1 heterocycles. The first kappa shape index (κ1) is 16.6. The Balaban J connectivity index is 1.92. The van der Waals surface area contributed by atoms with Gasteiger partial charge in [-0.15, -0.1) is 11.3 Å². The fourth-order valence-electron chi connectivity index (χ4n) is 3.32. The lowest BCUT2D eigenvalue weighted by Gasteiger charge is -2.15. The molecule has 0 unspecified atom stereocenters. The molecule has 0 radical (unpaired) electrons. The zero-order chi connectivity index (χ0) is 17.9. The summed E-state index contributed by atoms with van der Waals surface area (Å²) in [6.07, 6.45) is 0.722. The first-order chi connectivity index (χ1) is 12.8. The summed E-state index contributed by atoms with van der Waals surface area (Å²) in [6, 6.07) is 24.0. The van der Waals surface area contributed by atoms with Crippen LogP contribution in [-0.2, 0) is 6.42 Å². The molecule has 1 aromatic heterocycles. The lowest BCUT2D eigenvalue weighted by molar-refractivity contribution is 0.104. The summed E-state index contributed by atoms with van der Waals surface area (Å²) >= 11 is 1.47. The molecule has 0 saturated carbocycles. The minimum absolute atomic E-state index is 0.0631. The summed E-state index contributed by atoms with van der Waals surface area (Å²) < 4.78 is 5.75. The van der Waals surface area contributed by atoms with E-state index in [4.69, 9.17) is 4.74 Å². The molecule has 2 nitrogen and oxygen atoms in total. The molecule has 0 saturated heterocycles. The standard InChI is InChI=1S/C23H18O2S/c1-25-23-17(14-16-8-3-2-4-9-16)15-20(18-10-5-6-11-19(18)23)22(24)21-12-7-13-26-21/h2-13,15H,14H2,1H3. The maximum absolute atomic E-state index is 13.1. The SMILES string of the molecule is COc1c(Cc2ccccc2)cc(C(=O)c2cccs2)c2ccccc12. The highest BCUT2D eigenvalue weighted by Gasteiger charge is 2.19. The second-order valence-corrected chi connectivity index (χ2v) is 7.08. The summed E-state index contributed by atoms with van der Waals surface area (Å²) in [7, 11) is 1.69. The molecule has 4 rings (SSSR count). The monoisotopic (exact) mass is 358 g/mol. The molecule has 0 spiro atoms. The van der Waals surface area contributed by atoms with E-state index in [1.165, 1.54) is 16.9 Å². The number of carbonyl (C=O) groups is 1. The number of methoxy groups -OCH3 is 1. The predicted octanol–water partition coefficient (Wildman–Crippen LogP) is 5.73. The average Bonchev–Trinajstić information content (AvgIpc) is 3.22. The van der Waals surface area contributed by atoms with E-state index < -0.39 is 0 Å². The van der Waals surface area contributed by atoms with Gasteiger partial charge in [0.25, 0.3) is 0 Å². The van der Waals surface area contributed by atoms with E-state index in [1.54, 1.807) is 7.11 Å². The molecule has 0 fully saturated rings. The minimum atomic E-state index is 0.0631. The summed E-state index contributed by atoms with van der Waals surface area (Å²) in [4.78, 5) is 13.9. The second kappa shape index (κ2) is 7.14. The molecule has 3 aromatic carbocycles. The summed E-state index contributed by atoms with van der Waals surface area (Å²) in [5, 5.41) is 3.84. The number of hydrogen-bond donors (Lipinski definition) is 0. The van der Waals surface area contributed by atoms with E-state index >= 15 is 0 Å². The van der Waals surface area contributed by atoms with E-state index in [2.05, 4.69) is 12.1 Å². The normalized spacial score (nSPS) is 10.8. The summed E-state index contributed by atoms with van der Waals surface area (Å²) in [5.74, 6) is 0.903. The quantitative estimate of drug-likeness (QED) is 0.426. The number of thiophene rings is 1. The van der Waals surface area contributed by atoms with E-state index in [0.717, 1.165) is 38.9 Å². The molecule has 0 aliphatic rings. The van der Waals surface area contributed by atoms with Gasteiger partial charge in [0.05, 0.1) is 12.0 Å². The van der Waals surface area contributed by atoms with Crippen LogP contribution in [0.4, 0.5) is 0 Å². The maximum atomic E-state index is 13.1. The molecule has 0 aliphatic heterocycles. The number of ether oxygens (including phenoxy) is 1. The molecule has 0 atom stereocenters. The van der Waals surface area contributed by atoms with E-state index in [1.807, 2.05) is 66.0 Å². The van der Waals surface area contributed by atoms with Crippen LogP contribution in [0.15, 0.2) is 78.2 Å². The second-order valence-electron chi connectivity index (χ2n) is 6.13. The van der Waals surface area contributed by atoms with Gasteiger partial charge in [0.2, 0.25) is 5.78 Å². The minimum Gasteiger partial charge on any atom is -0.496 e. The van der Waals surface area contributed by atoms with Gasteiger partial charge in [-0.2, -0.15) is 0 Å². The van der Waals surface area contributed by atoms with Crippen LogP contribution in [0.3, 0.4) is 0 Å². The molecule has 26 heavy (non-hydrogen) atoms. The average molecular weight is 358 g/mol. The van der Waals surface area contributed by atoms with Crippen molar-refractivity contribution in [1.29, 1.82) is 0 Å². The molecule has 0 bridgehead atoms. The summed E-state index contributed by atoms with van der Waals surface area (Å²) in [6.45, 7) is 0. The van der Waals surface area contributed by atoms with Gasteiger partial charge < -0.3 is 4.74 Å². The highest BCUT2D eigenvalue weighted by Crippen LogP contribution is 2.35. The largest absolute Gasteiger partial charge is 0.496 e.